The van der Waals surface area contributed by atoms with Crippen LogP contribution in [0.25, 0.3) is 22.3 Å². The first-order valence-corrected chi connectivity index (χ1v) is 13.3. The molecule has 3 heterocycles. The Kier molecular flexibility index (Phi) is 7.40. The van der Waals surface area contributed by atoms with E-state index in [2.05, 4.69) is 15.3 Å². The van der Waals surface area contributed by atoms with Crippen molar-refractivity contribution < 1.29 is 27.5 Å². The number of aromatic nitrogens is 2. The molecule has 1 fully saturated rings. The van der Waals surface area contributed by atoms with Crippen LogP contribution in [0.2, 0.25) is 0 Å². The molecule has 0 radical (unpaired) electrons. The van der Waals surface area contributed by atoms with Gasteiger partial charge in [-0.05, 0) is 48.5 Å². The smallest absolute Gasteiger partial charge is 0.339 e. The second kappa shape index (κ2) is 11.1. The van der Waals surface area contributed by atoms with Gasteiger partial charge in [0, 0.05) is 30.4 Å². The average molecular weight is 533 g/mol. The Hall–Kier alpha value is -4.19. The molecule has 0 bridgehead atoms. The highest BCUT2D eigenvalue weighted by atomic mass is 32.2. The molecule has 0 aliphatic carbocycles. The van der Waals surface area contributed by atoms with Crippen molar-refractivity contribution in [2.45, 2.75) is 4.90 Å². The molecule has 1 aliphatic heterocycles. The van der Waals surface area contributed by atoms with Gasteiger partial charge in [-0.2, -0.15) is 4.31 Å². The predicted octanol–water partition coefficient (Wildman–Crippen LogP) is 3.11. The average Bonchev–Trinajstić information content (AvgIpc) is 2.96. The molecule has 194 valence electrons. The van der Waals surface area contributed by atoms with Crippen LogP contribution in [0.3, 0.4) is 0 Å². The fourth-order valence-electron chi connectivity index (χ4n) is 4.04. The van der Waals surface area contributed by atoms with Crippen LogP contribution in [-0.2, 0) is 24.3 Å². The zero-order valence-electron chi connectivity index (χ0n) is 20.2. The summed E-state index contributed by atoms with van der Waals surface area (Å²) >= 11 is 0. The van der Waals surface area contributed by atoms with Crippen LogP contribution in [0.4, 0.5) is 5.69 Å². The summed E-state index contributed by atoms with van der Waals surface area (Å²) in [6, 6.07) is 20.0. The highest BCUT2D eigenvalue weighted by Gasteiger charge is 2.26. The first-order chi connectivity index (χ1) is 18.4. The largest absolute Gasteiger partial charge is 0.452 e. The molecule has 0 spiro atoms. The summed E-state index contributed by atoms with van der Waals surface area (Å²) in [5.41, 5.74) is 2.34. The molecular weight excluding hydrogens is 508 g/mol. The highest BCUT2D eigenvalue weighted by Crippen LogP contribution is 2.24. The van der Waals surface area contributed by atoms with Crippen molar-refractivity contribution in [3.05, 3.63) is 84.6 Å². The van der Waals surface area contributed by atoms with Gasteiger partial charge in [0.25, 0.3) is 5.91 Å². The fraction of sp³-hybridized carbons (Fsp3) is 0.185. The Morgan fingerprint density at radius 2 is 1.68 bits per heavy atom. The number of anilines is 1. The number of amides is 1. The monoisotopic (exact) mass is 532 g/mol. The SMILES string of the molecule is O=C(COC(=O)c1cc(-c2ccccn2)nc2ccccc12)Nc1ccc(S(=O)(=O)N2CCOCC2)cc1. The maximum Gasteiger partial charge on any atom is 0.339 e. The van der Waals surface area contributed by atoms with Gasteiger partial charge in [0.1, 0.15) is 0 Å². The van der Waals surface area contributed by atoms with Gasteiger partial charge in [-0.15, -0.1) is 0 Å². The van der Waals surface area contributed by atoms with E-state index in [1.165, 1.54) is 28.6 Å². The summed E-state index contributed by atoms with van der Waals surface area (Å²) < 4.78 is 37.4. The molecule has 0 saturated carbocycles. The van der Waals surface area contributed by atoms with E-state index in [9.17, 15) is 18.0 Å². The van der Waals surface area contributed by atoms with E-state index in [0.29, 0.717) is 54.3 Å². The quantitative estimate of drug-likeness (QED) is 0.360. The van der Waals surface area contributed by atoms with Crippen LogP contribution in [-0.4, -0.2) is 67.5 Å². The molecule has 38 heavy (non-hydrogen) atoms. The van der Waals surface area contributed by atoms with Crippen LogP contribution in [0.15, 0.2) is 83.9 Å². The van der Waals surface area contributed by atoms with E-state index in [1.54, 1.807) is 42.6 Å². The molecular formula is C27H24N4O6S. The Balaban J connectivity index is 1.25. The summed E-state index contributed by atoms with van der Waals surface area (Å²) in [6.07, 6.45) is 1.64. The minimum atomic E-state index is -3.64. The molecule has 0 unspecified atom stereocenters. The Labute approximate surface area is 219 Å². The lowest BCUT2D eigenvalue weighted by atomic mass is 10.1. The number of ether oxygens (including phenoxy) is 2. The van der Waals surface area contributed by atoms with Gasteiger partial charge in [0.2, 0.25) is 10.0 Å². The van der Waals surface area contributed by atoms with Gasteiger partial charge in [-0.1, -0.05) is 24.3 Å². The van der Waals surface area contributed by atoms with Gasteiger partial charge in [-0.25, -0.2) is 18.2 Å². The van der Waals surface area contributed by atoms with Crippen molar-refractivity contribution in [2.75, 3.05) is 38.2 Å². The van der Waals surface area contributed by atoms with Crippen LogP contribution in [0.1, 0.15) is 10.4 Å². The molecule has 11 heteroatoms. The number of carbonyl (C=O) groups excluding carboxylic acids is 2. The van der Waals surface area contributed by atoms with Crippen LogP contribution in [0, 0.1) is 0 Å². The lowest BCUT2D eigenvalue weighted by molar-refractivity contribution is -0.119. The third-order valence-corrected chi connectivity index (χ3v) is 7.86. The Morgan fingerprint density at radius 3 is 2.42 bits per heavy atom. The van der Waals surface area contributed by atoms with E-state index < -0.39 is 28.5 Å². The number of rotatable bonds is 7. The van der Waals surface area contributed by atoms with Crippen molar-refractivity contribution in [3.8, 4) is 11.4 Å². The minimum Gasteiger partial charge on any atom is -0.452 e. The number of nitrogens with zero attached hydrogens (tertiary/aromatic N) is 3. The third kappa shape index (κ3) is 5.54. The van der Waals surface area contributed by atoms with Gasteiger partial charge in [-0.3, -0.25) is 9.78 Å². The number of hydrogen-bond donors (Lipinski definition) is 1. The standard InChI is InChI=1S/C27H24N4O6S/c32-26(29-19-8-10-20(11-9-19)38(34,35)31-13-15-36-16-14-31)18-37-27(33)22-17-25(24-7-3-4-12-28-24)30-23-6-2-1-5-21(22)23/h1-12,17H,13-16,18H2,(H,29,32). The van der Waals surface area contributed by atoms with Crippen LogP contribution in [0.5, 0.6) is 0 Å². The summed E-state index contributed by atoms with van der Waals surface area (Å²) in [5.74, 6) is -1.24. The number of hydrogen-bond acceptors (Lipinski definition) is 8. The molecule has 2 aromatic carbocycles. The number of sulfonamides is 1. The maximum atomic E-state index is 13.0. The van der Waals surface area contributed by atoms with Crippen molar-refractivity contribution in [3.63, 3.8) is 0 Å². The number of para-hydroxylation sites is 1. The van der Waals surface area contributed by atoms with Crippen molar-refractivity contribution in [1.29, 1.82) is 0 Å². The van der Waals surface area contributed by atoms with Gasteiger partial charge in [0.05, 0.1) is 40.6 Å². The van der Waals surface area contributed by atoms with E-state index in [-0.39, 0.29) is 10.5 Å². The summed E-state index contributed by atoms with van der Waals surface area (Å²) in [6.45, 7) is 0.768. The minimum absolute atomic E-state index is 0.122. The van der Waals surface area contributed by atoms with Crippen LogP contribution >= 0.6 is 0 Å². The lowest BCUT2D eigenvalue weighted by Crippen LogP contribution is -2.40. The molecule has 1 amide bonds. The molecule has 1 aliphatic rings. The second-order valence-electron chi connectivity index (χ2n) is 8.45. The number of benzene rings is 2. The van der Waals surface area contributed by atoms with Gasteiger partial charge in [0.15, 0.2) is 6.61 Å². The second-order valence-corrected chi connectivity index (χ2v) is 10.4. The number of fused-ring (bicyclic) bond motifs is 1. The fourth-order valence-corrected chi connectivity index (χ4v) is 5.45. The summed E-state index contributed by atoms with van der Waals surface area (Å²) in [4.78, 5) is 34.5. The van der Waals surface area contributed by atoms with Crippen molar-refractivity contribution >= 4 is 38.5 Å². The number of nitrogens with one attached hydrogen (secondary N) is 1. The molecule has 1 N–H and O–H groups in total. The highest BCUT2D eigenvalue weighted by molar-refractivity contribution is 7.89. The maximum absolute atomic E-state index is 13.0. The van der Waals surface area contributed by atoms with E-state index in [4.69, 9.17) is 9.47 Å². The molecule has 0 atom stereocenters. The van der Waals surface area contributed by atoms with Crippen LogP contribution < -0.4 is 5.32 Å². The van der Waals surface area contributed by atoms with E-state index in [1.807, 2.05) is 12.1 Å². The Morgan fingerprint density at radius 1 is 0.947 bits per heavy atom. The number of carbonyl (C=O) groups is 2. The zero-order valence-corrected chi connectivity index (χ0v) is 21.1. The topological polar surface area (TPSA) is 128 Å². The number of pyridine rings is 2. The molecule has 5 rings (SSSR count). The molecule has 4 aromatic rings. The molecule has 1 saturated heterocycles. The van der Waals surface area contributed by atoms with Gasteiger partial charge < -0.3 is 14.8 Å². The van der Waals surface area contributed by atoms with E-state index >= 15 is 0 Å². The molecule has 10 nitrogen and oxygen atoms in total. The van der Waals surface area contributed by atoms with Gasteiger partial charge >= 0.3 is 5.97 Å². The number of morpholine rings is 1. The summed E-state index contributed by atoms with van der Waals surface area (Å²) in [5, 5.41) is 3.21. The van der Waals surface area contributed by atoms with E-state index in [0.717, 1.165) is 0 Å². The summed E-state index contributed by atoms with van der Waals surface area (Å²) in [7, 11) is -3.64. The van der Waals surface area contributed by atoms with Crippen molar-refractivity contribution in [1.82, 2.24) is 14.3 Å². The first kappa shape index (κ1) is 25.5. The first-order valence-electron chi connectivity index (χ1n) is 11.9. The third-order valence-electron chi connectivity index (χ3n) is 5.94. The predicted molar refractivity (Wildman–Crippen MR) is 140 cm³/mol. The molecule has 2 aromatic heterocycles. The normalized spacial score (nSPS) is 14.2. The zero-order chi connectivity index (χ0) is 26.5. The number of esters is 1. The van der Waals surface area contributed by atoms with Crippen molar-refractivity contribution in [2.24, 2.45) is 0 Å². The Bertz CT molecular complexity index is 1570. The lowest BCUT2D eigenvalue weighted by Gasteiger charge is -2.26.